The Balaban J connectivity index is 2.13. The molecule has 32 heavy (non-hydrogen) atoms. The fraction of sp³-hybridized carbons (Fsp3) is 0.500. The van der Waals surface area contributed by atoms with Crippen molar-refractivity contribution in [2.45, 2.75) is 52.9 Å². The lowest BCUT2D eigenvalue weighted by atomic mass is 9.63. The number of allylic oxidation sites excluding steroid dienone is 1. The Morgan fingerprint density at radius 1 is 1.25 bits per heavy atom. The van der Waals surface area contributed by atoms with Gasteiger partial charge in [-0.15, -0.1) is 0 Å². The van der Waals surface area contributed by atoms with Crippen LogP contribution in [0.3, 0.4) is 0 Å². The van der Waals surface area contributed by atoms with Gasteiger partial charge in [0.25, 0.3) is 0 Å². The van der Waals surface area contributed by atoms with Crippen molar-refractivity contribution in [1.29, 1.82) is 0 Å². The molecule has 0 spiro atoms. The van der Waals surface area contributed by atoms with Gasteiger partial charge in [-0.2, -0.15) is 0 Å². The Kier molecular flexibility index (Phi) is 7.22. The molecule has 1 fully saturated rings. The van der Waals surface area contributed by atoms with E-state index in [1.165, 1.54) is 6.08 Å². The molecule has 172 valence electrons. The van der Waals surface area contributed by atoms with Crippen molar-refractivity contribution in [3.63, 3.8) is 0 Å². The quantitative estimate of drug-likeness (QED) is 0.419. The predicted molar refractivity (Wildman–Crippen MR) is 124 cm³/mol. The number of hydrogen-bond donors (Lipinski definition) is 0. The molecule has 0 aromatic heterocycles. The van der Waals surface area contributed by atoms with Gasteiger partial charge in [0.1, 0.15) is 12.4 Å². The van der Waals surface area contributed by atoms with Gasteiger partial charge in [0, 0.05) is 23.7 Å². The summed E-state index contributed by atoms with van der Waals surface area (Å²) in [5, 5.41) is 0. The van der Waals surface area contributed by atoms with Crippen LogP contribution in [0.1, 0.15) is 58.4 Å². The van der Waals surface area contributed by atoms with Crippen molar-refractivity contribution in [3.05, 3.63) is 47.7 Å². The minimum atomic E-state index is -0.495. The number of esters is 1. The normalized spacial score (nSPS) is 22.0. The van der Waals surface area contributed by atoms with Crippen LogP contribution in [0, 0.1) is 11.3 Å². The highest BCUT2D eigenvalue weighted by Gasteiger charge is 2.47. The third kappa shape index (κ3) is 4.79. The highest BCUT2D eigenvalue weighted by molar-refractivity contribution is 6.12. The van der Waals surface area contributed by atoms with Crippen LogP contribution >= 0.6 is 0 Å². The van der Waals surface area contributed by atoms with Crippen LogP contribution in [0.4, 0.5) is 0 Å². The van der Waals surface area contributed by atoms with Gasteiger partial charge in [-0.3, -0.25) is 9.79 Å². The zero-order valence-electron chi connectivity index (χ0n) is 19.7. The maximum Gasteiger partial charge on any atom is 0.336 e. The smallest absolute Gasteiger partial charge is 0.336 e. The molecule has 2 aliphatic rings. The number of benzene rings is 1. The van der Waals surface area contributed by atoms with Crippen molar-refractivity contribution >= 4 is 17.5 Å². The number of methoxy groups -OCH3 is 1. The number of aliphatic imine (C=N–C) groups is 1. The van der Waals surface area contributed by atoms with E-state index >= 15 is 0 Å². The summed E-state index contributed by atoms with van der Waals surface area (Å²) in [4.78, 5) is 31.1. The van der Waals surface area contributed by atoms with E-state index in [2.05, 4.69) is 20.4 Å². The number of hydrogen-bond acceptors (Lipinski definition) is 6. The van der Waals surface area contributed by atoms with Crippen LogP contribution in [0.25, 0.3) is 0 Å². The summed E-state index contributed by atoms with van der Waals surface area (Å²) in [6.45, 7) is 12.3. The van der Waals surface area contributed by atoms with Crippen LogP contribution in [0.15, 0.2) is 47.1 Å². The molecule has 0 N–H and O–H groups in total. The number of ether oxygens (including phenoxy) is 3. The van der Waals surface area contributed by atoms with E-state index < -0.39 is 17.8 Å². The molecule has 1 aromatic carbocycles. The Morgan fingerprint density at radius 2 is 2.00 bits per heavy atom. The minimum Gasteiger partial charge on any atom is -0.493 e. The topological polar surface area (TPSA) is 74.2 Å². The van der Waals surface area contributed by atoms with E-state index in [1.54, 1.807) is 7.11 Å². The summed E-state index contributed by atoms with van der Waals surface area (Å²) in [6, 6.07) is 5.61. The van der Waals surface area contributed by atoms with E-state index in [0.29, 0.717) is 42.2 Å². The highest BCUT2D eigenvalue weighted by atomic mass is 16.5. The molecule has 0 amide bonds. The molecule has 1 saturated carbocycles. The Morgan fingerprint density at radius 3 is 2.66 bits per heavy atom. The van der Waals surface area contributed by atoms with Gasteiger partial charge in [-0.05, 0) is 42.9 Å². The first-order valence-electron chi connectivity index (χ1n) is 11.1. The number of rotatable bonds is 8. The van der Waals surface area contributed by atoms with Crippen molar-refractivity contribution in [3.8, 4) is 11.5 Å². The summed E-state index contributed by atoms with van der Waals surface area (Å²) in [5.41, 5.74) is 2.48. The molecule has 1 heterocycles. The van der Waals surface area contributed by atoms with Gasteiger partial charge < -0.3 is 14.2 Å². The Bertz CT molecular complexity index is 972. The first-order valence-corrected chi connectivity index (χ1v) is 11.1. The van der Waals surface area contributed by atoms with Gasteiger partial charge in [-0.1, -0.05) is 39.5 Å². The van der Waals surface area contributed by atoms with Crippen LogP contribution in [0.5, 0.6) is 11.5 Å². The molecule has 0 radical (unpaired) electrons. The number of ketones is 1. The lowest BCUT2D eigenvalue weighted by Gasteiger charge is -2.41. The second kappa shape index (κ2) is 9.72. The van der Waals surface area contributed by atoms with Crippen LogP contribution in [-0.4, -0.2) is 37.8 Å². The standard InChI is InChI=1S/C26H33NO5/c1-7-11-31-20-10-9-17(13-21(20)30-6)23-22(25(29)32-12-8-2)16(3)27-18-14-26(4,5)15-19(28)24(18)23/h8-10,13,23-24H,2,7,11-12,14-15H2,1,3-6H3/t23-,24?/m1/s1. The third-order valence-corrected chi connectivity index (χ3v) is 5.92. The number of nitrogens with zero attached hydrogens (tertiary/aromatic N) is 1. The Hall–Kier alpha value is -2.89. The lowest BCUT2D eigenvalue weighted by Crippen LogP contribution is -2.44. The molecular formula is C26H33NO5. The summed E-state index contributed by atoms with van der Waals surface area (Å²) in [7, 11) is 1.58. The van der Waals surface area contributed by atoms with Crippen LogP contribution < -0.4 is 9.47 Å². The predicted octanol–water partition coefficient (Wildman–Crippen LogP) is 5.03. The first kappa shape index (κ1) is 23.8. The maximum absolute atomic E-state index is 13.4. The average Bonchev–Trinajstić information content (AvgIpc) is 2.74. The molecule has 6 heteroatoms. The molecular weight excluding hydrogens is 406 g/mol. The summed E-state index contributed by atoms with van der Waals surface area (Å²) < 4.78 is 16.8. The van der Waals surface area contributed by atoms with Crippen molar-refractivity contribution < 1.29 is 23.8 Å². The van der Waals surface area contributed by atoms with E-state index in [9.17, 15) is 9.59 Å². The van der Waals surface area contributed by atoms with Gasteiger partial charge in [-0.25, -0.2) is 4.79 Å². The largest absolute Gasteiger partial charge is 0.493 e. The van der Waals surface area contributed by atoms with E-state index in [1.807, 2.05) is 32.0 Å². The zero-order chi connectivity index (χ0) is 23.5. The first-order chi connectivity index (χ1) is 15.2. The van der Waals surface area contributed by atoms with E-state index in [4.69, 9.17) is 19.2 Å². The minimum absolute atomic E-state index is 0.0943. The van der Waals surface area contributed by atoms with E-state index in [-0.39, 0.29) is 17.8 Å². The number of fused-ring (bicyclic) bond motifs is 1. The SMILES string of the molecule is C=CCOC(=O)C1=C(C)N=C2CC(C)(C)CC(=O)C2[C@@H]1c1ccc(OCCC)c(OC)c1. The number of carbonyl (C=O) groups excluding carboxylic acids is 2. The molecule has 6 nitrogen and oxygen atoms in total. The summed E-state index contributed by atoms with van der Waals surface area (Å²) in [6.07, 6.45) is 3.55. The average molecular weight is 440 g/mol. The molecule has 1 aromatic rings. The number of Topliss-reactive ketones (excluding diaryl/α,β-unsaturated/α-hetero) is 1. The van der Waals surface area contributed by atoms with Crippen molar-refractivity contribution in [2.75, 3.05) is 20.3 Å². The molecule has 3 rings (SSSR count). The molecule has 1 unspecified atom stereocenters. The molecule has 2 atom stereocenters. The van der Waals surface area contributed by atoms with Gasteiger partial charge in [0.2, 0.25) is 0 Å². The maximum atomic E-state index is 13.4. The number of carbonyl (C=O) groups is 2. The van der Waals surface area contributed by atoms with Gasteiger partial charge >= 0.3 is 5.97 Å². The second-order valence-electron chi connectivity index (χ2n) is 9.19. The highest BCUT2D eigenvalue weighted by Crippen LogP contribution is 2.48. The summed E-state index contributed by atoms with van der Waals surface area (Å²) >= 11 is 0. The lowest BCUT2D eigenvalue weighted by molar-refractivity contribution is -0.138. The molecule has 1 aliphatic heterocycles. The van der Waals surface area contributed by atoms with Gasteiger partial charge in [0.05, 0.1) is 25.2 Å². The monoisotopic (exact) mass is 439 g/mol. The molecule has 1 aliphatic carbocycles. The van der Waals surface area contributed by atoms with Crippen molar-refractivity contribution in [2.24, 2.45) is 16.3 Å². The van der Waals surface area contributed by atoms with Crippen LogP contribution in [0.2, 0.25) is 0 Å². The van der Waals surface area contributed by atoms with E-state index in [0.717, 1.165) is 17.7 Å². The Labute approximate surface area is 190 Å². The van der Waals surface area contributed by atoms with Crippen LogP contribution in [-0.2, 0) is 14.3 Å². The van der Waals surface area contributed by atoms with Crippen molar-refractivity contribution in [1.82, 2.24) is 0 Å². The fourth-order valence-corrected chi connectivity index (χ4v) is 4.64. The second-order valence-corrected chi connectivity index (χ2v) is 9.19. The molecule has 0 bridgehead atoms. The van der Waals surface area contributed by atoms with Gasteiger partial charge in [0.15, 0.2) is 11.5 Å². The zero-order valence-corrected chi connectivity index (χ0v) is 19.7. The summed E-state index contributed by atoms with van der Waals surface area (Å²) in [5.74, 6) is -0.159. The fourth-order valence-electron chi connectivity index (χ4n) is 4.64. The molecule has 0 saturated heterocycles. The third-order valence-electron chi connectivity index (χ3n) is 5.92.